The van der Waals surface area contributed by atoms with Crippen molar-refractivity contribution in [3.05, 3.63) is 102 Å². The van der Waals surface area contributed by atoms with Crippen molar-refractivity contribution in [3.8, 4) is 5.75 Å². The average Bonchev–Trinajstić information content (AvgIpc) is 2.94. The van der Waals surface area contributed by atoms with E-state index in [4.69, 9.17) is 9.47 Å². The molecule has 0 bridgehead atoms. The molecule has 2 atom stereocenters. The number of rotatable bonds is 10. The number of nitrogens with zero attached hydrogens (tertiary/aromatic N) is 1. The van der Waals surface area contributed by atoms with Crippen LogP contribution in [0.15, 0.2) is 84.9 Å². The van der Waals surface area contributed by atoms with Gasteiger partial charge in [0.25, 0.3) is 5.91 Å². The second-order valence-electron chi connectivity index (χ2n) is 8.81. The third-order valence-corrected chi connectivity index (χ3v) is 6.33. The summed E-state index contributed by atoms with van der Waals surface area (Å²) < 4.78 is 10.8. The van der Waals surface area contributed by atoms with E-state index in [9.17, 15) is 9.59 Å². The number of hydrogen-bond donors (Lipinski definition) is 2. The van der Waals surface area contributed by atoms with Crippen LogP contribution in [0.4, 0.5) is 0 Å². The Bertz CT molecular complexity index is 1100. The van der Waals surface area contributed by atoms with E-state index < -0.39 is 6.04 Å². The minimum absolute atomic E-state index is 0.123. The van der Waals surface area contributed by atoms with Gasteiger partial charge < -0.3 is 20.1 Å². The van der Waals surface area contributed by atoms with E-state index in [-0.39, 0.29) is 24.3 Å². The van der Waals surface area contributed by atoms with E-state index >= 15 is 0 Å². The molecule has 7 heteroatoms. The summed E-state index contributed by atoms with van der Waals surface area (Å²) in [6.07, 6.45) is 0.123. The van der Waals surface area contributed by atoms with E-state index in [1.807, 2.05) is 72.8 Å². The molecule has 1 heterocycles. The summed E-state index contributed by atoms with van der Waals surface area (Å²) in [7, 11) is 1.63. The summed E-state index contributed by atoms with van der Waals surface area (Å²) >= 11 is 0. The molecule has 36 heavy (non-hydrogen) atoms. The number of carbonyl (C=O) groups is 2. The zero-order valence-corrected chi connectivity index (χ0v) is 20.6. The topological polar surface area (TPSA) is 79.9 Å². The van der Waals surface area contributed by atoms with E-state index in [2.05, 4.69) is 15.5 Å². The van der Waals surface area contributed by atoms with Crippen molar-refractivity contribution < 1.29 is 19.1 Å². The fraction of sp³-hybridized carbons (Fsp3) is 0.310. The first kappa shape index (κ1) is 25.4. The van der Waals surface area contributed by atoms with Crippen LogP contribution in [0.3, 0.4) is 0 Å². The van der Waals surface area contributed by atoms with Gasteiger partial charge in [-0.3, -0.25) is 14.5 Å². The van der Waals surface area contributed by atoms with Crippen molar-refractivity contribution in [2.75, 3.05) is 40.0 Å². The molecule has 1 fully saturated rings. The zero-order valence-electron chi connectivity index (χ0n) is 20.6. The maximum absolute atomic E-state index is 13.4. The van der Waals surface area contributed by atoms with E-state index in [0.717, 1.165) is 30.0 Å². The van der Waals surface area contributed by atoms with Crippen molar-refractivity contribution in [3.63, 3.8) is 0 Å². The lowest BCUT2D eigenvalue weighted by Crippen LogP contribution is -2.43. The van der Waals surface area contributed by atoms with Crippen molar-refractivity contribution >= 4 is 11.8 Å². The van der Waals surface area contributed by atoms with E-state index in [1.54, 1.807) is 19.2 Å². The van der Waals surface area contributed by atoms with Crippen molar-refractivity contribution in [2.45, 2.75) is 18.5 Å². The average molecular weight is 488 g/mol. The number of carbonyl (C=O) groups excluding carboxylic acids is 2. The van der Waals surface area contributed by atoms with Crippen LogP contribution < -0.4 is 15.4 Å². The standard InChI is InChI=1S/C29H33N3O4/c1-35-25-14-12-23(13-15-25)27(21-32-16-18-36-19-17-32)30-28(33)20-26(22-8-4-2-5-9-22)31-29(34)24-10-6-3-7-11-24/h2-15,26-27H,16-21H2,1H3,(H,30,33)(H,31,34)/t26-,27+/m1/s1. The summed E-state index contributed by atoms with van der Waals surface area (Å²) in [5.74, 6) is 0.423. The Kier molecular flexibility index (Phi) is 9.08. The highest BCUT2D eigenvalue weighted by Crippen LogP contribution is 2.22. The minimum atomic E-state index is -0.459. The van der Waals surface area contributed by atoms with Crippen molar-refractivity contribution in [2.24, 2.45) is 0 Å². The summed E-state index contributed by atoms with van der Waals surface area (Å²) in [4.78, 5) is 28.6. The van der Waals surface area contributed by atoms with Gasteiger partial charge in [-0.1, -0.05) is 60.7 Å². The Hall–Kier alpha value is -3.68. The van der Waals surface area contributed by atoms with E-state index in [1.165, 1.54) is 0 Å². The highest BCUT2D eigenvalue weighted by Gasteiger charge is 2.24. The third kappa shape index (κ3) is 7.16. The molecule has 2 N–H and O–H groups in total. The van der Waals surface area contributed by atoms with Gasteiger partial charge in [0.15, 0.2) is 0 Å². The van der Waals surface area contributed by atoms with Crippen LogP contribution in [0, 0.1) is 0 Å². The fourth-order valence-electron chi connectivity index (χ4n) is 4.32. The quantitative estimate of drug-likeness (QED) is 0.455. The minimum Gasteiger partial charge on any atom is -0.497 e. The Labute approximate surface area is 212 Å². The molecular weight excluding hydrogens is 454 g/mol. The van der Waals surface area contributed by atoms with Gasteiger partial charge in [-0.05, 0) is 35.4 Å². The SMILES string of the molecule is COc1ccc([C@H](CN2CCOCC2)NC(=O)C[C@@H](NC(=O)c2ccccc2)c2ccccc2)cc1. The van der Waals surface area contributed by atoms with Crippen LogP contribution in [0.25, 0.3) is 0 Å². The fourth-order valence-corrected chi connectivity index (χ4v) is 4.32. The molecular formula is C29H33N3O4. The molecule has 1 aliphatic rings. The molecule has 1 saturated heterocycles. The Morgan fingerprint density at radius 2 is 1.44 bits per heavy atom. The maximum atomic E-state index is 13.4. The second kappa shape index (κ2) is 12.9. The van der Waals surface area contributed by atoms with Gasteiger partial charge in [0, 0.05) is 25.2 Å². The number of nitrogens with one attached hydrogen (secondary N) is 2. The summed E-state index contributed by atoms with van der Waals surface area (Å²) in [6.45, 7) is 3.69. The molecule has 2 amide bonds. The predicted molar refractivity (Wildman–Crippen MR) is 139 cm³/mol. The number of methoxy groups -OCH3 is 1. The molecule has 4 rings (SSSR count). The predicted octanol–water partition coefficient (Wildman–Crippen LogP) is 3.75. The largest absolute Gasteiger partial charge is 0.497 e. The Morgan fingerprint density at radius 1 is 0.833 bits per heavy atom. The number of amides is 2. The molecule has 0 saturated carbocycles. The van der Waals surface area contributed by atoms with Gasteiger partial charge in [-0.2, -0.15) is 0 Å². The molecule has 0 radical (unpaired) electrons. The molecule has 0 aromatic heterocycles. The third-order valence-electron chi connectivity index (χ3n) is 6.33. The number of morpholine rings is 1. The van der Waals surface area contributed by atoms with Crippen molar-refractivity contribution in [1.82, 2.24) is 15.5 Å². The number of ether oxygens (including phenoxy) is 2. The first-order chi connectivity index (χ1) is 17.6. The highest BCUT2D eigenvalue weighted by molar-refractivity contribution is 5.94. The zero-order chi connectivity index (χ0) is 25.2. The first-order valence-electron chi connectivity index (χ1n) is 12.3. The lowest BCUT2D eigenvalue weighted by Gasteiger charge is -2.31. The Morgan fingerprint density at radius 3 is 2.08 bits per heavy atom. The smallest absolute Gasteiger partial charge is 0.251 e. The highest BCUT2D eigenvalue weighted by atomic mass is 16.5. The van der Waals surface area contributed by atoms with Crippen LogP contribution in [-0.2, 0) is 9.53 Å². The first-order valence-corrected chi connectivity index (χ1v) is 12.3. The summed E-state index contributed by atoms with van der Waals surface area (Å²) in [5.41, 5.74) is 2.44. The summed E-state index contributed by atoms with van der Waals surface area (Å²) in [5, 5.41) is 6.26. The number of hydrogen-bond acceptors (Lipinski definition) is 5. The van der Waals surface area contributed by atoms with Gasteiger partial charge in [0.2, 0.25) is 5.91 Å². The lowest BCUT2D eigenvalue weighted by atomic mass is 10.0. The lowest BCUT2D eigenvalue weighted by molar-refractivity contribution is -0.122. The van der Waals surface area contributed by atoms with E-state index in [0.29, 0.717) is 25.3 Å². The molecule has 0 unspecified atom stereocenters. The molecule has 7 nitrogen and oxygen atoms in total. The van der Waals surface area contributed by atoms with Crippen LogP contribution in [0.5, 0.6) is 5.75 Å². The second-order valence-corrected chi connectivity index (χ2v) is 8.81. The molecule has 1 aliphatic heterocycles. The Balaban J connectivity index is 1.49. The molecule has 0 aliphatic carbocycles. The van der Waals surface area contributed by atoms with Gasteiger partial charge >= 0.3 is 0 Å². The van der Waals surface area contributed by atoms with Gasteiger partial charge in [-0.15, -0.1) is 0 Å². The van der Waals surface area contributed by atoms with Crippen LogP contribution in [-0.4, -0.2) is 56.7 Å². The van der Waals surface area contributed by atoms with Crippen LogP contribution >= 0.6 is 0 Å². The summed E-state index contributed by atoms with van der Waals surface area (Å²) in [6, 6.07) is 25.7. The number of benzene rings is 3. The van der Waals surface area contributed by atoms with Crippen LogP contribution in [0.1, 0.15) is 40.0 Å². The monoisotopic (exact) mass is 487 g/mol. The van der Waals surface area contributed by atoms with Gasteiger partial charge in [-0.25, -0.2) is 0 Å². The molecule has 188 valence electrons. The van der Waals surface area contributed by atoms with Gasteiger partial charge in [0.1, 0.15) is 5.75 Å². The molecule has 3 aromatic carbocycles. The van der Waals surface area contributed by atoms with Crippen molar-refractivity contribution in [1.29, 1.82) is 0 Å². The van der Waals surface area contributed by atoms with Gasteiger partial charge in [0.05, 0.1) is 38.8 Å². The maximum Gasteiger partial charge on any atom is 0.251 e. The molecule has 0 spiro atoms. The molecule has 3 aromatic rings. The van der Waals surface area contributed by atoms with Crippen LogP contribution in [0.2, 0.25) is 0 Å². The normalized spacial score (nSPS) is 15.5.